The van der Waals surface area contributed by atoms with Gasteiger partial charge < -0.3 is 14.6 Å². The Morgan fingerprint density at radius 2 is 1.09 bits per heavy atom. The van der Waals surface area contributed by atoms with E-state index >= 15 is 0 Å². The molecule has 0 bridgehead atoms. The maximum absolute atomic E-state index is 8.77. The number of rotatable bonds is 15. The van der Waals surface area contributed by atoms with Gasteiger partial charge in [0.1, 0.15) is 0 Å². The van der Waals surface area contributed by atoms with E-state index in [1.807, 2.05) is 0 Å². The minimum atomic E-state index is 0.134. The maximum atomic E-state index is 8.77. The Balaban J connectivity index is 1.80. The molecule has 0 amide bonds. The van der Waals surface area contributed by atoms with Crippen molar-refractivity contribution in [2.24, 2.45) is 0 Å². The zero-order valence-electron chi connectivity index (χ0n) is 15.4. The Morgan fingerprint density at radius 3 is 1.57 bits per heavy atom. The molecule has 0 radical (unpaired) electrons. The fourth-order valence-electron chi connectivity index (χ4n) is 3.42. The zero-order chi connectivity index (χ0) is 16.6. The molecule has 1 N–H and O–H groups in total. The molecular formula is C20H40O3. The highest BCUT2D eigenvalue weighted by Gasteiger charge is 2.21. The standard InChI is InChI=1S/C20H40O3/c1-2-3-4-5-6-7-8-9-10-11-17-22-19-12-14-20(15-13-19)23-18-16-21/h19-21H,2-18H2,1H3. The Bertz CT molecular complexity index is 237. The lowest BCUT2D eigenvalue weighted by Crippen LogP contribution is -2.27. The summed E-state index contributed by atoms with van der Waals surface area (Å²) in [7, 11) is 0. The summed E-state index contributed by atoms with van der Waals surface area (Å²) in [5.41, 5.74) is 0. The fourth-order valence-corrected chi connectivity index (χ4v) is 3.42. The first kappa shape index (κ1) is 20.9. The summed E-state index contributed by atoms with van der Waals surface area (Å²) in [6.45, 7) is 3.83. The second-order valence-corrected chi connectivity index (χ2v) is 7.05. The molecule has 0 aromatic carbocycles. The van der Waals surface area contributed by atoms with Crippen molar-refractivity contribution in [2.75, 3.05) is 19.8 Å². The van der Waals surface area contributed by atoms with E-state index in [2.05, 4.69) is 6.92 Å². The van der Waals surface area contributed by atoms with Crippen molar-refractivity contribution in [1.29, 1.82) is 0 Å². The Kier molecular flexibility index (Phi) is 14.0. The molecule has 0 atom stereocenters. The van der Waals surface area contributed by atoms with Crippen LogP contribution in [0, 0.1) is 0 Å². The largest absolute Gasteiger partial charge is 0.394 e. The smallest absolute Gasteiger partial charge is 0.0701 e. The van der Waals surface area contributed by atoms with Crippen LogP contribution in [-0.4, -0.2) is 37.1 Å². The lowest BCUT2D eigenvalue weighted by atomic mass is 9.95. The molecule has 3 heteroatoms. The highest BCUT2D eigenvalue weighted by Crippen LogP contribution is 2.23. The topological polar surface area (TPSA) is 38.7 Å². The first-order valence-corrected chi connectivity index (χ1v) is 10.2. The minimum absolute atomic E-state index is 0.134. The van der Waals surface area contributed by atoms with Crippen molar-refractivity contribution in [1.82, 2.24) is 0 Å². The van der Waals surface area contributed by atoms with Gasteiger partial charge in [0.05, 0.1) is 25.4 Å². The molecule has 3 nitrogen and oxygen atoms in total. The van der Waals surface area contributed by atoms with Gasteiger partial charge in [0.25, 0.3) is 0 Å². The van der Waals surface area contributed by atoms with Crippen molar-refractivity contribution >= 4 is 0 Å². The minimum Gasteiger partial charge on any atom is -0.394 e. The van der Waals surface area contributed by atoms with Gasteiger partial charge in [-0.3, -0.25) is 0 Å². The van der Waals surface area contributed by atoms with Gasteiger partial charge in [0.15, 0.2) is 0 Å². The number of aliphatic hydroxyl groups excluding tert-OH is 1. The number of hydrogen-bond acceptors (Lipinski definition) is 3. The van der Waals surface area contributed by atoms with Crippen molar-refractivity contribution in [3.8, 4) is 0 Å². The zero-order valence-corrected chi connectivity index (χ0v) is 15.4. The SMILES string of the molecule is CCCCCCCCCCCCOC1CCC(OCCO)CC1. The van der Waals surface area contributed by atoms with Crippen LogP contribution in [0.15, 0.2) is 0 Å². The highest BCUT2D eigenvalue weighted by atomic mass is 16.5. The average Bonchev–Trinajstić information content (AvgIpc) is 2.59. The van der Waals surface area contributed by atoms with Gasteiger partial charge in [-0.05, 0) is 32.1 Å². The molecule has 0 unspecified atom stereocenters. The molecular weight excluding hydrogens is 288 g/mol. The van der Waals surface area contributed by atoms with E-state index in [1.165, 1.54) is 64.2 Å². The third-order valence-corrected chi connectivity index (χ3v) is 4.92. The van der Waals surface area contributed by atoms with Gasteiger partial charge in [0.2, 0.25) is 0 Å². The monoisotopic (exact) mass is 328 g/mol. The molecule has 23 heavy (non-hydrogen) atoms. The van der Waals surface area contributed by atoms with Crippen LogP contribution >= 0.6 is 0 Å². The van der Waals surface area contributed by atoms with Gasteiger partial charge in [-0.15, -0.1) is 0 Å². The van der Waals surface area contributed by atoms with Crippen LogP contribution in [-0.2, 0) is 9.47 Å². The number of aliphatic hydroxyl groups is 1. The van der Waals surface area contributed by atoms with Crippen LogP contribution in [0.2, 0.25) is 0 Å². The molecule has 1 aliphatic rings. The van der Waals surface area contributed by atoms with E-state index < -0.39 is 0 Å². The summed E-state index contributed by atoms with van der Waals surface area (Å²) >= 11 is 0. The third-order valence-electron chi connectivity index (χ3n) is 4.92. The predicted octanol–water partition coefficient (Wildman–Crippen LogP) is 5.24. The van der Waals surface area contributed by atoms with Gasteiger partial charge in [-0.25, -0.2) is 0 Å². The summed E-state index contributed by atoms with van der Waals surface area (Å²) in [6, 6.07) is 0. The van der Waals surface area contributed by atoms with Crippen LogP contribution in [0.3, 0.4) is 0 Å². The Labute approximate surface area is 144 Å². The molecule has 1 rings (SSSR count). The highest BCUT2D eigenvalue weighted by molar-refractivity contribution is 4.73. The molecule has 1 saturated carbocycles. The summed E-state index contributed by atoms with van der Waals surface area (Å²) in [5, 5.41) is 8.77. The van der Waals surface area contributed by atoms with Crippen LogP contribution < -0.4 is 0 Å². The van der Waals surface area contributed by atoms with E-state index in [4.69, 9.17) is 14.6 Å². The average molecular weight is 329 g/mol. The number of ether oxygens (including phenoxy) is 2. The first-order chi connectivity index (χ1) is 11.4. The number of hydrogen-bond donors (Lipinski definition) is 1. The van der Waals surface area contributed by atoms with Gasteiger partial charge in [0, 0.05) is 6.61 Å². The second kappa shape index (κ2) is 15.4. The van der Waals surface area contributed by atoms with E-state index in [0.717, 1.165) is 32.3 Å². The molecule has 0 spiro atoms. The quantitative estimate of drug-likeness (QED) is 0.418. The molecule has 138 valence electrons. The molecule has 1 aliphatic carbocycles. The van der Waals surface area contributed by atoms with Crippen LogP contribution in [0.1, 0.15) is 96.8 Å². The van der Waals surface area contributed by atoms with Gasteiger partial charge >= 0.3 is 0 Å². The van der Waals surface area contributed by atoms with E-state index in [9.17, 15) is 0 Å². The van der Waals surface area contributed by atoms with Crippen molar-refractivity contribution in [2.45, 2.75) is 109 Å². The molecule has 1 fully saturated rings. The third kappa shape index (κ3) is 12.0. The Hall–Kier alpha value is -0.120. The molecule has 0 aromatic heterocycles. The van der Waals surface area contributed by atoms with Gasteiger partial charge in [-0.2, -0.15) is 0 Å². The maximum Gasteiger partial charge on any atom is 0.0701 e. The summed E-state index contributed by atoms with van der Waals surface area (Å²) in [4.78, 5) is 0. The second-order valence-electron chi connectivity index (χ2n) is 7.05. The molecule has 0 aliphatic heterocycles. The van der Waals surface area contributed by atoms with Gasteiger partial charge in [-0.1, -0.05) is 64.7 Å². The van der Waals surface area contributed by atoms with Crippen molar-refractivity contribution < 1.29 is 14.6 Å². The van der Waals surface area contributed by atoms with E-state index in [0.29, 0.717) is 18.8 Å². The molecule has 0 aromatic rings. The van der Waals surface area contributed by atoms with E-state index in [-0.39, 0.29) is 6.61 Å². The Morgan fingerprint density at radius 1 is 0.652 bits per heavy atom. The number of unbranched alkanes of at least 4 members (excludes halogenated alkanes) is 9. The molecule has 0 saturated heterocycles. The fraction of sp³-hybridized carbons (Fsp3) is 1.00. The lowest BCUT2D eigenvalue weighted by Gasteiger charge is -2.28. The predicted molar refractivity (Wildman–Crippen MR) is 96.9 cm³/mol. The normalized spacial score (nSPS) is 21.7. The van der Waals surface area contributed by atoms with Crippen molar-refractivity contribution in [3.63, 3.8) is 0 Å². The summed E-state index contributed by atoms with van der Waals surface area (Å²) < 4.78 is 11.6. The van der Waals surface area contributed by atoms with Crippen molar-refractivity contribution in [3.05, 3.63) is 0 Å². The summed E-state index contributed by atoms with van der Waals surface area (Å²) in [5.74, 6) is 0. The van der Waals surface area contributed by atoms with E-state index in [1.54, 1.807) is 0 Å². The van der Waals surface area contributed by atoms with Crippen LogP contribution in [0.5, 0.6) is 0 Å². The molecule has 0 heterocycles. The summed E-state index contributed by atoms with van der Waals surface area (Å²) in [6.07, 6.45) is 19.0. The van der Waals surface area contributed by atoms with Crippen LogP contribution in [0.25, 0.3) is 0 Å². The lowest BCUT2D eigenvalue weighted by molar-refractivity contribution is -0.0389. The first-order valence-electron chi connectivity index (χ1n) is 10.2. The van der Waals surface area contributed by atoms with Crippen LogP contribution in [0.4, 0.5) is 0 Å².